The summed E-state index contributed by atoms with van der Waals surface area (Å²) in [6.45, 7) is 0.600. The molecule has 2 N–H and O–H groups in total. The third-order valence-corrected chi connectivity index (χ3v) is 3.32. The van der Waals surface area contributed by atoms with Gasteiger partial charge in [0, 0.05) is 11.3 Å². The van der Waals surface area contributed by atoms with Crippen molar-refractivity contribution in [2.75, 3.05) is 5.32 Å². The number of benzene rings is 1. The number of nitrogens with one attached hydrogen (secondary N) is 2. The van der Waals surface area contributed by atoms with E-state index >= 15 is 0 Å². The van der Waals surface area contributed by atoms with Gasteiger partial charge in [-0.25, -0.2) is 0 Å². The molecule has 2 aromatic heterocycles. The van der Waals surface area contributed by atoms with Crippen LogP contribution in [0.4, 0.5) is 5.69 Å². The van der Waals surface area contributed by atoms with Gasteiger partial charge in [0.05, 0.1) is 17.3 Å². The molecule has 0 aliphatic rings. The van der Waals surface area contributed by atoms with E-state index in [0.29, 0.717) is 12.4 Å². The lowest BCUT2D eigenvalue weighted by atomic mass is 10.2. The lowest BCUT2D eigenvalue weighted by Crippen LogP contribution is -1.98. The fraction of sp³-hybridized carbons (Fsp3) is 0.0833. The predicted molar refractivity (Wildman–Crippen MR) is 73.3 cm³/mol. The van der Waals surface area contributed by atoms with Crippen LogP contribution in [-0.2, 0) is 6.54 Å². The topological polar surface area (TPSA) is 79.6 Å². The Labute approximate surface area is 117 Å². The van der Waals surface area contributed by atoms with Crippen LogP contribution in [-0.4, -0.2) is 20.6 Å². The lowest BCUT2D eigenvalue weighted by Gasteiger charge is -2.05. The maximum atomic E-state index is 5.34. The number of aromatic amines is 1. The highest BCUT2D eigenvalue weighted by Crippen LogP contribution is 2.21. The second-order valence-electron chi connectivity index (χ2n) is 3.86. The average Bonchev–Trinajstić information content (AvgIpc) is 3.08. The van der Waals surface area contributed by atoms with Crippen LogP contribution in [0, 0.1) is 0 Å². The molecule has 0 fully saturated rings. The van der Waals surface area contributed by atoms with Crippen LogP contribution in [0.15, 0.2) is 45.5 Å². The van der Waals surface area contributed by atoms with Crippen molar-refractivity contribution >= 4 is 21.6 Å². The molecule has 0 amide bonds. The monoisotopic (exact) mass is 319 g/mol. The number of furan rings is 1. The van der Waals surface area contributed by atoms with Gasteiger partial charge in [-0.2, -0.15) is 5.21 Å². The summed E-state index contributed by atoms with van der Waals surface area (Å²) in [5.41, 5.74) is 1.86. The standard InChI is InChI=1S/C12H10BrN5O/c13-10-4-5-19-11(10)7-14-9-3-1-2-8(6-9)12-15-17-18-16-12/h1-6,14H,7H2,(H,15,16,17,18). The number of tetrazole rings is 1. The quantitative estimate of drug-likeness (QED) is 0.773. The van der Waals surface area contributed by atoms with Crippen molar-refractivity contribution in [3.05, 3.63) is 46.8 Å². The van der Waals surface area contributed by atoms with Crippen molar-refractivity contribution in [3.8, 4) is 11.4 Å². The molecule has 0 radical (unpaired) electrons. The van der Waals surface area contributed by atoms with E-state index in [-0.39, 0.29) is 0 Å². The molecule has 6 nitrogen and oxygen atoms in total. The van der Waals surface area contributed by atoms with Crippen molar-refractivity contribution in [3.63, 3.8) is 0 Å². The molecular weight excluding hydrogens is 310 g/mol. The van der Waals surface area contributed by atoms with Gasteiger partial charge in [0.25, 0.3) is 0 Å². The predicted octanol–water partition coefficient (Wildman–Crippen LogP) is 2.83. The summed E-state index contributed by atoms with van der Waals surface area (Å²) in [4.78, 5) is 0. The van der Waals surface area contributed by atoms with Crippen LogP contribution in [0.5, 0.6) is 0 Å². The molecule has 0 saturated heterocycles. The zero-order chi connectivity index (χ0) is 13.1. The minimum atomic E-state index is 0.572. The Hall–Kier alpha value is -2.15. The summed E-state index contributed by atoms with van der Waals surface area (Å²) in [6, 6.07) is 9.67. The molecule has 0 atom stereocenters. The van der Waals surface area contributed by atoms with Gasteiger partial charge >= 0.3 is 0 Å². The molecule has 0 spiro atoms. The van der Waals surface area contributed by atoms with Crippen LogP contribution in [0.2, 0.25) is 0 Å². The largest absolute Gasteiger partial charge is 0.466 e. The SMILES string of the molecule is Brc1ccoc1CNc1cccc(-c2nn[nH]n2)c1. The molecule has 0 saturated carbocycles. The molecule has 3 aromatic rings. The van der Waals surface area contributed by atoms with Crippen molar-refractivity contribution in [1.29, 1.82) is 0 Å². The van der Waals surface area contributed by atoms with Crippen LogP contribution < -0.4 is 5.32 Å². The van der Waals surface area contributed by atoms with E-state index in [4.69, 9.17) is 4.42 Å². The smallest absolute Gasteiger partial charge is 0.204 e. The Morgan fingerprint density at radius 3 is 3.00 bits per heavy atom. The zero-order valence-electron chi connectivity index (χ0n) is 9.80. The van der Waals surface area contributed by atoms with Crippen LogP contribution in [0.25, 0.3) is 11.4 Å². The van der Waals surface area contributed by atoms with Gasteiger partial charge in [0.15, 0.2) is 0 Å². The van der Waals surface area contributed by atoms with E-state index in [1.54, 1.807) is 6.26 Å². The number of H-pyrrole nitrogens is 1. The molecule has 7 heteroatoms. The molecule has 0 unspecified atom stereocenters. The first-order valence-electron chi connectivity index (χ1n) is 5.62. The number of anilines is 1. The van der Waals surface area contributed by atoms with E-state index in [9.17, 15) is 0 Å². The maximum absolute atomic E-state index is 5.34. The summed E-state index contributed by atoms with van der Waals surface area (Å²) in [7, 11) is 0. The van der Waals surface area contributed by atoms with E-state index in [1.807, 2.05) is 30.3 Å². The minimum Gasteiger partial charge on any atom is -0.466 e. The first-order chi connectivity index (χ1) is 9.33. The molecule has 0 bridgehead atoms. The Morgan fingerprint density at radius 1 is 1.32 bits per heavy atom. The molecule has 1 aromatic carbocycles. The van der Waals surface area contributed by atoms with Crippen molar-refractivity contribution in [2.24, 2.45) is 0 Å². The summed E-state index contributed by atoms with van der Waals surface area (Å²) < 4.78 is 6.29. The number of hydrogen-bond acceptors (Lipinski definition) is 5. The third-order valence-electron chi connectivity index (χ3n) is 2.61. The Bertz CT molecular complexity index is 664. The summed E-state index contributed by atoms with van der Waals surface area (Å²) in [5.74, 6) is 1.42. The third kappa shape index (κ3) is 2.65. The highest BCUT2D eigenvalue weighted by molar-refractivity contribution is 9.10. The number of rotatable bonds is 4. The molecular formula is C12H10BrN5O. The molecule has 19 heavy (non-hydrogen) atoms. The fourth-order valence-electron chi connectivity index (χ4n) is 1.69. The summed E-state index contributed by atoms with van der Waals surface area (Å²) in [5, 5.41) is 17.2. The minimum absolute atomic E-state index is 0.572. The van der Waals surface area contributed by atoms with Gasteiger partial charge in [-0.1, -0.05) is 12.1 Å². The number of halogens is 1. The van der Waals surface area contributed by atoms with Crippen LogP contribution in [0.1, 0.15) is 5.76 Å². The van der Waals surface area contributed by atoms with Gasteiger partial charge in [-0.3, -0.25) is 0 Å². The van der Waals surface area contributed by atoms with Gasteiger partial charge in [0.1, 0.15) is 5.76 Å². The molecule has 0 aliphatic heterocycles. The Morgan fingerprint density at radius 2 is 2.26 bits per heavy atom. The lowest BCUT2D eigenvalue weighted by molar-refractivity contribution is 0.516. The van der Waals surface area contributed by atoms with Gasteiger partial charge < -0.3 is 9.73 Å². The second kappa shape index (κ2) is 5.23. The van der Waals surface area contributed by atoms with Crippen LogP contribution in [0.3, 0.4) is 0 Å². The van der Waals surface area contributed by atoms with Gasteiger partial charge in [-0.05, 0) is 39.3 Å². The highest BCUT2D eigenvalue weighted by Gasteiger charge is 2.05. The van der Waals surface area contributed by atoms with Crippen molar-refractivity contribution < 1.29 is 4.42 Å². The zero-order valence-corrected chi connectivity index (χ0v) is 11.4. The van der Waals surface area contributed by atoms with Crippen LogP contribution >= 0.6 is 15.9 Å². The Kier molecular flexibility index (Phi) is 3.28. The van der Waals surface area contributed by atoms with Gasteiger partial charge in [-0.15, -0.1) is 10.2 Å². The molecule has 96 valence electrons. The number of aromatic nitrogens is 4. The first-order valence-corrected chi connectivity index (χ1v) is 6.42. The summed E-state index contributed by atoms with van der Waals surface area (Å²) >= 11 is 3.42. The molecule has 2 heterocycles. The Balaban J connectivity index is 1.75. The molecule has 0 aliphatic carbocycles. The van der Waals surface area contributed by atoms with Crippen molar-refractivity contribution in [2.45, 2.75) is 6.54 Å². The maximum Gasteiger partial charge on any atom is 0.204 e. The van der Waals surface area contributed by atoms with E-state index in [0.717, 1.165) is 21.5 Å². The molecule has 3 rings (SSSR count). The average molecular weight is 320 g/mol. The van der Waals surface area contributed by atoms with E-state index in [2.05, 4.69) is 41.9 Å². The number of hydrogen-bond donors (Lipinski definition) is 2. The summed E-state index contributed by atoms with van der Waals surface area (Å²) in [6.07, 6.45) is 1.65. The van der Waals surface area contributed by atoms with Gasteiger partial charge in [0.2, 0.25) is 5.82 Å². The van der Waals surface area contributed by atoms with Crippen molar-refractivity contribution in [1.82, 2.24) is 20.6 Å². The highest BCUT2D eigenvalue weighted by atomic mass is 79.9. The number of nitrogens with zero attached hydrogens (tertiary/aromatic N) is 3. The first kappa shape index (κ1) is 11.9. The fourth-order valence-corrected chi connectivity index (χ4v) is 2.03. The normalized spacial score (nSPS) is 10.6. The van der Waals surface area contributed by atoms with E-state index in [1.165, 1.54) is 0 Å². The second-order valence-corrected chi connectivity index (χ2v) is 4.72. The van der Waals surface area contributed by atoms with E-state index < -0.39 is 0 Å².